The molecule has 1 aromatic carbocycles. The van der Waals surface area contributed by atoms with Crippen LogP contribution in [0.5, 0.6) is 0 Å². The average molecular weight is 451 g/mol. The quantitative estimate of drug-likeness (QED) is 0.515. The Morgan fingerprint density at radius 3 is 2.81 bits per heavy atom. The number of nitrogens with zero attached hydrogens (tertiary/aromatic N) is 5. The molecular formula is C23H26N6O2S. The summed E-state index contributed by atoms with van der Waals surface area (Å²) in [5.74, 6) is 2.83. The Hall–Kier alpha value is -3.25. The topological polar surface area (TPSA) is 100.0 Å². The van der Waals surface area contributed by atoms with Gasteiger partial charge in [0.05, 0.1) is 24.1 Å². The van der Waals surface area contributed by atoms with Crippen molar-refractivity contribution in [2.45, 2.75) is 37.9 Å². The summed E-state index contributed by atoms with van der Waals surface area (Å²) in [5, 5.41) is 21.7. The van der Waals surface area contributed by atoms with Crippen LogP contribution in [-0.2, 0) is 11.3 Å². The van der Waals surface area contributed by atoms with Crippen molar-refractivity contribution in [2.75, 3.05) is 29.1 Å². The Morgan fingerprint density at radius 2 is 2.06 bits per heavy atom. The van der Waals surface area contributed by atoms with E-state index in [2.05, 4.69) is 38.0 Å². The van der Waals surface area contributed by atoms with E-state index in [4.69, 9.17) is 4.42 Å². The van der Waals surface area contributed by atoms with E-state index in [1.54, 1.807) is 30.5 Å². The number of hydrogen-bond acceptors (Lipinski definition) is 7. The van der Waals surface area contributed by atoms with Crippen LogP contribution in [0.15, 0.2) is 52.2 Å². The van der Waals surface area contributed by atoms with Crippen molar-refractivity contribution in [3.8, 4) is 6.07 Å². The maximum Gasteiger partial charge on any atom is 0.228 e. The molecule has 0 aliphatic carbocycles. The van der Waals surface area contributed by atoms with Gasteiger partial charge in [0.2, 0.25) is 11.9 Å². The average Bonchev–Trinajstić information content (AvgIpc) is 3.46. The van der Waals surface area contributed by atoms with Crippen LogP contribution in [0.25, 0.3) is 0 Å². The summed E-state index contributed by atoms with van der Waals surface area (Å²) >= 11 is 1.50. The van der Waals surface area contributed by atoms with E-state index in [1.807, 2.05) is 12.1 Å². The molecule has 0 spiro atoms. The predicted octanol–water partition coefficient (Wildman–Crippen LogP) is 4.15. The number of carbonyl (C=O) groups excluding carboxylic acids is 1. The van der Waals surface area contributed by atoms with E-state index in [0.717, 1.165) is 48.7 Å². The zero-order valence-electron chi connectivity index (χ0n) is 18.0. The van der Waals surface area contributed by atoms with Gasteiger partial charge in [-0.2, -0.15) is 5.26 Å². The lowest BCUT2D eigenvalue weighted by Crippen LogP contribution is -2.35. The van der Waals surface area contributed by atoms with Gasteiger partial charge in [0.15, 0.2) is 5.16 Å². The fourth-order valence-electron chi connectivity index (χ4n) is 3.66. The van der Waals surface area contributed by atoms with Gasteiger partial charge in [-0.25, -0.2) is 0 Å². The Labute approximate surface area is 191 Å². The number of nitriles is 1. The third kappa shape index (κ3) is 5.32. The smallest absolute Gasteiger partial charge is 0.228 e. The number of thioether (sulfide) groups is 1. The summed E-state index contributed by atoms with van der Waals surface area (Å²) in [6.45, 7) is 4.75. The largest absolute Gasteiger partial charge is 0.467 e. The molecule has 1 amide bonds. The molecule has 4 rings (SSSR count). The number of benzene rings is 1. The first-order valence-electron chi connectivity index (χ1n) is 10.8. The van der Waals surface area contributed by atoms with Gasteiger partial charge in [0.25, 0.3) is 0 Å². The van der Waals surface area contributed by atoms with E-state index >= 15 is 0 Å². The maximum atomic E-state index is 12.4. The number of aromatic nitrogens is 3. The molecule has 1 aliphatic heterocycles. The maximum absolute atomic E-state index is 12.4. The molecule has 1 aliphatic rings. The van der Waals surface area contributed by atoms with Crippen molar-refractivity contribution in [3.05, 3.63) is 54.0 Å². The fraction of sp³-hybridized carbons (Fsp3) is 0.391. The van der Waals surface area contributed by atoms with Crippen LogP contribution in [0, 0.1) is 17.2 Å². The lowest BCUT2D eigenvalue weighted by Gasteiger charge is -2.31. The molecule has 0 unspecified atom stereocenters. The Kier molecular flexibility index (Phi) is 7.12. The number of anilines is 2. The number of piperidine rings is 1. The molecule has 166 valence electrons. The molecule has 9 heteroatoms. The monoisotopic (exact) mass is 450 g/mol. The number of hydrogen-bond donors (Lipinski definition) is 1. The highest BCUT2D eigenvalue weighted by Crippen LogP contribution is 2.27. The fourth-order valence-corrected chi connectivity index (χ4v) is 4.54. The van der Waals surface area contributed by atoms with Gasteiger partial charge < -0.3 is 14.6 Å². The summed E-state index contributed by atoms with van der Waals surface area (Å²) in [7, 11) is 0. The van der Waals surface area contributed by atoms with E-state index < -0.39 is 0 Å². The molecule has 2 aromatic heterocycles. The minimum Gasteiger partial charge on any atom is -0.467 e. The number of nitrogens with one attached hydrogen (secondary N) is 1. The molecular weight excluding hydrogens is 424 g/mol. The number of carbonyl (C=O) groups is 1. The summed E-state index contributed by atoms with van der Waals surface area (Å²) in [4.78, 5) is 14.7. The highest BCUT2D eigenvalue weighted by atomic mass is 32.2. The van der Waals surface area contributed by atoms with Gasteiger partial charge in [-0.05, 0) is 43.0 Å². The molecule has 1 fully saturated rings. The summed E-state index contributed by atoms with van der Waals surface area (Å²) < 4.78 is 7.63. The summed E-state index contributed by atoms with van der Waals surface area (Å²) in [6.07, 6.45) is 4.24. The molecule has 0 radical (unpaired) electrons. The molecule has 0 bridgehead atoms. The van der Waals surface area contributed by atoms with Gasteiger partial charge in [-0.3, -0.25) is 9.36 Å². The molecule has 0 atom stereocenters. The molecule has 1 N–H and O–H groups in total. The van der Waals surface area contributed by atoms with Crippen molar-refractivity contribution in [1.82, 2.24) is 14.8 Å². The second kappa shape index (κ2) is 10.4. The normalized spacial score (nSPS) is 14.3. The molecule has 1 saturated heterocycles. The van der Waals surface area contributed by atoms with Crippen molar-refractivity contribution >= 4 is 29.3 Å². The van der Waals surface area contributed by atoms with E-state index in [9.17, 15) is 10.1 Å². The highest BCUT2D eigenvalue weighted by molar-refractivity contribution is 7.99. The number of furan rings is 1. The minimum absolute atomic E-state index is 0.137. The Morgan fingerprint density at radius 1 is 1.25 bits per heavy atom. The molecule has 0 saturated carbocycles. The Balaban J connectivity index is 1.41. The SMILES string of the molecule is CC1CCN(c2nnc(SCCC(=O)Nc3ccccc3C#N)n2Cc2ccco2)CC1. The summed E-state index contributed by atoms with van der Waals surface area (Å²) in [5.41, 5.74) is 0.986. The second-order valence-electron chi connectivity index (χ2n) is 7.92. The third-order valence-electron chi connectivity index (χ3n) is 5.54. The van der Waals surface area contributed by atoms with Crippen LogP contribution in [0.1, 0.15) is 37.5 Å². The van der Waals surface area contributed by atoms with E-state index in [0.29, 0.717) is 30.0 Å². The molecule has 3 aromatic rings. The number of para-hydroxylation sites is 1. The van der Waals surface area contributed by atoms with Crippen LogP contribution >= 0.6 is 11.8 Å². The van der Waals surface area contributed by atoms with E-state index in [1.165, 1.54) is 11.8 Å². The first-order chi connectivity index (χ1) is 15.6. The van der Waals surface area contributed by atoms with Crippen LogP contribution in [0.3, 0.4) is 0 Å². The van der Waals surface area contributed by atoms with Crippen LogP contribution in [-0.4, -0.2) is 39.5 Å². The second-order valence-corrected chi connectivity index (χ2v) is 8.98. The van der Waals surface area contributed by atoms with Gasteiger partial charge in [0, 0.05) is 25.3 Å². The van der Waals surface area contributed by atoms with Gasteiger partial charge in [0.1, 0.15) is 11.8 Å². The third-order valence-corrected chi connectivity index (χ3v) is 6.51. The summed E-state index contributed by atoms with van der Waals surface area (Å²) in [6, 6.07) is 12.9. The van der Waals surface area contributed by atoms with Gasteiger partial charge in [-0.15, -0.1) is 10.2 Å². The Bertz CT molecular complexity index is 1080. The van der Waals surface area contributed by atoms with Crippen LogP contribution in [0.4, 0.5) is 11.6 Å². The van der Waals surface area contributed by atoms with Gasteiger partial charge in [-0.1, -0.05) is 30.8 Å². The van der Waals surface area contributed by atoms with Crippen molar-refractivity contribution in [2.24, 2.45) is 5.92 Å². The lowest BCUT2D eigenvalue weighted by atomic mass is 10.00. The zero-order valence-corrected chi connectivity index (χ0v) is 18.8. The van der Waals surface area contributed by atoms with Crippen LogP contribution in [0.2, 0.25) is 0 Å². The van der Waals surface area contributed by atoms with E-state index in [-0.39, 0.29) is 5.91 Å². The highest BCUT2D eigenvalue weighted by Gasteiger charge is 2.23. The first-order valence-corrected chi connectivity index (χ1v) is 11.7. The standard InChI is InChI=1S/C23H26N6O2S/c1-17-8-11-28(12-9-17)22-26-27-23(29(22)16-19-6-4-13-31-19)32-14-10-21(30)25-20-7-3-2-5-18(20)15-24/h2-7,13,17H,8-12,14,16H2,1H3,(H,25,30). The van der Waals surface area contributed by atoms with Crippen LogP contribution < -0.4 is 10.2 Å². The van der Waals surface area contributed by atoms with Crippen molar-refractivity contribution in [1.29, 1.82) is 5.26 Å². The predicted molar refractivity (Wildman–Crippen MR) is 124 cm³/mol. The number of amides is 1. The molecule has 3 heterocycles. The molecule has 32 heavy (non-hydrogen) atoms. The van der Waals surface area contributed by atoms with Crippen molar-refractivity contribution in [3.63, 3.8) is 0 Å². The van der Waals surface area contributed by atoms with Gasteiger partial charge >= 0.3 is 0 Å². The minimum atomic E-state index is -0.137. The first kappa shape index (κ1) is 22.0. The zero-order chi connectivity index (χ0) is 22.3. The number of rotatable bonds is 8. The lowest BCUT2D eigenvalue weighted by molar-refractivity contribution is -0.115. The molecule has 8 nitrogen and oxygen atoms in total. The van der Waals surface area contributed by atoms with Crippen molar-refractivity contribution < 1.29 is 9.21 Å².